The quantitative estimate of drug-likeness (QED) is 0.850. The van der Waals surface area contributed by atoms with Crippen LogP contribution in [0.15, 0.2) is 22.8 Å². The first-order valence-corrected chi connectivity index (χ1v) is 8.86. The summed E-state index contributed by atoms with van der Waals surface area (Å²) in [7, 11) is -1.78. The second-order valence-electron chi connectivity index (χ2n) is 5.65. The molecule has 1 aromatic heterocycles. The van der Waals surface area contributed by atoms with Gasteiger partial charge in [0.1, 0.15) is 5.76 Å². The zero-order chi connectivity index (χ0) is 14.9. The summed E-state index contributed by atoms with van der Waals surface area (Å²) in [5.74, 6) is 0.733. The van der Waals surface area contributed by atoms with Crippen molar-refractivity contribution in [2.45, 2.75) is 37.8 Å². The number of hydrogen-bond acceptors (Lipinski definition) is 4. The fraction of sp³-hybridized carbons (Fsp3) is 0.714. The number of ether oxygens (including phenoxy) is 1. The monoisotopic (exact) mass is 314 g/mol. The Hall–Kier alpha value is -0.890. The normalized spacial score (nSPS) is 25.7. The van der Waals surface area contributed by atoms with E-state index >= 15 is 0 Å². The third-order valence-corrected chi connectivity index (χ3v) is 6.50. The van der Waals surface area contributed by atoms with E-state index < -0.39 is 10.2 Å². The molecule has 0 aromatic carbocycles. The van der Waals surface area contributed by atoms with Gasteiger partial charge in [0.2, 0.25) is 0 Å². The van der Waals surface area contributed by atoms with Crippen LogP contribution in [-0.4, -0.2) is 49.9 Å². The van der Waals surface area contributed by atoms with Gasteiger partial charge < -0.3 is 9.15 Å². The van der Waals surface area contributed by atoms with Gasteiger partial charge in [-0.2, -0.15) is 17.0 Å². The Morgan fingerprint density at radius 3 is 2.71 bits per heavy atom. The Morgan fingerprint density at radius 2 is 2.05 bits per heavy atom. The van der Waals surface area contributed by atoms with Crippen molar-refractivity contribution in [3.63, 3.8) is 0 Å². The minimum Gasteiger partial charge on any atom is -0.468 e. The third-order valence-electron chi connectivity index (χ3n) is 4.44. The Balaban J connectivity index is 1.79. The van der Waals surface area contributed by atoms with Gasteiger partial charge >= 0.3 is 0 Å². The molecule has 6 nitrogen and oxygen atoms in total. The smallest absolute Gasteiger partial charge is 0.282 e. The van der Waals surface area contributed by atoms with Crippen LogP contribution in [0.3, 0.4) is 0 Å². The van der Waals surface area contributed by atoms with Gasteiger partial charge in [0.05, 0.1) is 12.3 Å². The van der Waals surface area contributed by atoms with Crippen molar-refractivity contribution in [3.05, 3.63) is 24.2 Å². The number of furan rings is 1. The highest BCUT2D eigenvalue weighted by Gasteiger charge is 2.41. The highest BCUT2D eigenvalue weighted by atomic mass is 32.2. The van der Waals surface area contributed by atoms with Crippen LogP contribution >= 0.6 is 0 Å². The lowest BCUT2D eigenvalue weighted by Gasteiger charge is -2.34. The summed E-state index contributed by atoms with van der Waals surface area (Å²) in [4.78, 5) is 0. The maximum atomic E-state index is 12.9. The van der Waals surface area contributed by atoms with Gasteiger partial charge in [0.15, 0.2) is 0 Å². The lowest BCUT2D eigenvalue weighted by atomic mass is 10.1. The SMILES string of the molecule is CN(C1CCOCC1)S(=O)(=O)N1CCC[C@@H]1c1ccco1. The molecule has 0 unspecified atom stereocenters. The van der Waals surface area contributed by atoms with Crippen LogP contribution in [0, 0.1) is 0 Å². The lowest BCUT2D eigenvalue weighted by molar-refractivity contribution is 0.0616. The van der Waals surface area contributed by atoms with E-state index in [0.717, 1.165) is 31.4 Å². The molecule has 0 aliphatic carbocycles. The predicted octanol–water partition coefficient (Wildman–Crippen LogP) is 1.77. The average Bonchev–Trinajstić information content (AvgIpc) is 3.17. The topological polar surface area (TPSA) is 63.0 Å². The van der Waals surface area contributed by atoms with Crippen LogP contribution in [0.4, 0.5) is 0 Å². The Morgan fingerprint density at radius 1 is 1.29 bits per heavy atom. The van der Waals surface area contributed by atoms with Gasteiger partial charge in [-0.3, -0.25) is 0 Å². The molecule has 21 heavy (non-hydrogen) atoms. The molecular weight excluding hydrogens is 292 g/mol. The Labute approximate surface area is 125 Å². The molecular formula is C14H22N2O4S. The van der Waals surface area contributed by atoms with Crippen LogP contribution in [0.1, 0.15) is 37.5 Å². The molecule has 1 atom stereocenters. The predicted molar refractivity (Wildman–Crippen MR) is 77.9 cm³/mol. The van der Waals surface area contributed by atoms with Gasteiger partial charge in [-0.1, -0.05) is 0 Å². The molecule has 7 heteroatoms. The van der Waals surface area contributed by atoms with E-state index in [4.69, 9.17) is 9.15 Å². The summed E-state index contributed by atoms with van der Waals surface area (Å²) < 4.78 is 39.7. The summed E-state index contributed by atoms with van der Waals surface area (Å²) in [5.41, 5.74) is 0. The zero-order valence-electron chi connectivity index (χ0n) is 12.3. The standard InChI is InChI=1S/C14H22N2O4S/c1-15(12-6-10-19-11-7-12)21(17,18)16-8-2-4-13(16)14-5-3-9-20-14/h3,5,9,12-13H,2,4,6-8,10-11H2,1H3/t13-/m1/s1. The molecule has 2 saturated heterocycles. The van der Waals surface area contributed by atoms with E-state index in [-0.39, 0.29) is 12.1 Å². The molecule has 0 saturated carbocycles. The van der Waals surface area contributed by atoms with Crippen molar-refractivity contribution >= 4 is 10.2 Å². The van der Waals surface area contributed by atoms with Crippen LogP contribution < -0.4 is 0 Å². The highest BCUT2D eigenvalue weighted by Crippen LogP contribution is 2.36. The van der Waals surface area contributed by atoms with Gasteiger partial charge in [-0.25, -0.2) is 0 Å². The first kappa shape index (κ1) is 15.0. The molecule has 0 amide bonds. The van der Waals surface area contributed by atoms with Crippen molar-refractivity contribution in [3.8, 4) is 0 Å². The van der Waals surface area contributed by atoms with Crippen LogP contribution in [0.2, 0.25) is 0 Å². The van der Waals surface area contributed by atoms with Gasteiger partial charge in [-0.05, 0) is 37.8 Å². The van der Waals surface area contributed by atoms with E-state index in [0.29, 0.717) is 19.8 Å². The van der Waals surface area contributed by atoms with Crippen molar-refractivity contribution in [2.24, 2.45) is 0 Å². The maximum absolute atomic E-state index is 12.9. The molecule has 3 rings (SSSR count). The average molecular weight is 314 g/mol. The van der Waals surface area contributed by atoms with E-state index in [2.05, 4.69) is 0 Å². The van der Waals surface area contributed by atoms with Crippen molar-refractivity contribution in [1.82, 2.24) is 8.61 Å². The molecule has 0 bridgehead atoms. The molecule has 2 fully saturated rings. The molecule has 2 aliphatic rings. The van der Waals surface area contributed by atoms with Crippen molar-refractivity contribution in [1.29, 1.82) is 0 Å². The van der Waals surface area contributed by atoms with Gasteiger partial charge in [0.25, 0.3) is 10.2 Å². The van der Waals surface area contributed by atoms with E-state index in [1.54, 1.807) is 23.7 Å². The molecule has 1 aromatic rings. The van der Waals surface area contributed by atoms with Crippen LogP contribution in [-0.2, 0) is 14.9 Å². The number of hydrogen-bond donors (Lipinski definition) is 0. The summed E-state index contributed by atoms with van der Waals surface area (Å²) in [6, 6.07) is 3.52. The molecule has 2 aliphatic heterocycles. The summed E-state index contributed by atoms with van der Waals surface area (Å²) >= 11 is 0. The third kappa shape index (κ3) is 2.88. The second kappa shape index (κ2) is 6.08. The summed E-state index contributed by atoms with van der Waals surface area (Å²) in [5, 5.41) is 0. The largest absolute Gasteiger partial charge is 0.468 e. The Kier molecular flexibility index (Phi) is 4.35. The van der Waals surface area contributed by atoms with E-state index in [9.17, 15) is 8.42 Å². The molecule has 3 heterocycles. The Bertz CT molecular complexity index is 552. The van der Waals surface area contributed by atoms with Gasteiger partial charge in [-0.15, -0.1) is 0 Å². The summed E-state index contributed by atoms with van der Waals surface area (Å²) in [6.07, 6.45) is 4.80. The maximum Gasteiger partial charge on any atom is 0.282 e. The first-order valence-electron chi connectivity index (χ1n) is 7.46. The molecule has 0 spiro atoms. The van der Waals surface area contributed by atoms with Crippen molar-refractivity contribution in [2.75, 3.05) is 26.8 Å². The number of nitrogens with zero attached hydrogens (tertiary/aromatic N) is 2. The van der Waals surface area contributed by atoms with Crippen molar-refractivity contribution < 1.29 is 17.6 Å². The fourth-order valence-corrected chi connectivity index (χ4v) is 4.99. The summed E-state index contributed by atoms with van der Waals surface area (Å²) in [6.45, 7) is 1.82. The molecule has 118 valence electrons. The van der Waals surface area contributed by atoms with Gasteiger partial charge in [0, 0.05) is 32.8 Å². The van der Waals surface area contributed by atoms with E-state index in [1.165, 1.54) is 4.31 Å². The molecule has 0 radical (unpaired) electrons. The first-order chi connectivity index (χ1) is 10.1. The minimum absolute atomic E-state index is 0.0293. The lowest BCUT2D eigenvalue weighted by Crippen LogP contribution is -2.47. The minimum atomic E-state index is -3.46. The van der Waals surface area contributed by atoms with Crippen LogP contribution in [0.5, 0.6) is 0 Å². The van der Waals surface area contributed by atoms with Crippen LogP contribution in [0.25, 0.3) is 0 Å². The number of rotatable bonds is 4. The fourth-order valence-electron chi connectivity index (χ4n) is 3.18. The second-order valence-corrected chi connectivity index (χ2v) is 7.59. The zero-order valence-corrected chi connectivity index (χ0v) is 13.1. The molecule has 0 N–H and O–H groups in total. The van der Waals surface area contributed by atoms with E-state index in [1.807, 2.05) is 6.07 Å². The highest BCUT2D eigenvalue weighted by molar-refractivity contribution is 7.86.